The first-order chi connectivity index (χ1) is 15.7. The van der Waals surface area contributed by atoms with Gasteiger partial charge in [-0.25, -0.2) is 4.98 Å². The Labute approximate surface area is 187 Å². The van der Waals surface area contributed by atoms with Crippen LogP contribution in [0.5, 0.6) is 5.75 Å². The van der Waals surface area contributed by atoms with Crippen LogP contribution in [0.3, 0.4) is 0 Å². The van der Waals surface area contributed by atoms with E-state index in [1.165, 1.54) is 4.57 Å². The maximum absolute atomic E-state index is 13.4. The number of fused-ring (bicyclic) bond motifs is 1. The van der Waals surface area contributed by atoms with Crippen LogP contribution in [0.4, 0.5) is 0 Å². The van der Waals surface area contributed by atoms with E-state index in [-0.39, 0.29) is 18.0 Å². The Morgan fingerprint density at radius 2 is 1.94 bits per heavy atom. The van der Waals surface area contributed by atoms with Crippen LogP contribution in [0.25, 0.3) is 22.3 Å². The molecule has 168 valence electrons. The number of nitrogens with zero attached hydrogens (tertiary/aromatic N) is 2. The van der Waals surface area contributed by atoms with E-state index < -0.39 is 0 Å². The smallest absolute Gasteiger partial charge is 0.262 e. The van der Waals surface area contributed by atoms with Crippen molar-refractivity contribution in [3.05, 3.63) is 58.9 Å². The number of hydrogen-bond donors (Lipinski definition) is 2. The molecule has 2 aromatic carbocycles. The molecule has 0 unspecified atom stereocenters. The first-order valence-corrected chi connectivity index (χ1v) is 11.4. The molecule has 1 heterocycles. The Balaban J connectivity index is 1.63. The monoisotopic (exact) mass is 434 g/mol. The molecule has 0 bridgehead atoms. The molecule has 0 aliphatic heterocycles. The van der Waals surface area contributed by atoms with Crippen LogP contribution < -0.4 is 21.3 Å². The molecule has 1 saturated carbocycles. The molecule has 1 amide bonds. The van der Waals surface area contributed by atoms with Crippen LogP contribution in [0.15, 0.2) is 53.3 Å². The van der Waals surface area contributed by atoms with Crippen LogP contribution in [0.1, 0.15) is 32.1 Å². The summed E-state index contributed by atoms with van der Waals surface area (Å²) in [4.78, 5) is 30.8. The average Bonchev–Trinajstić information content (AvgIpc) is 3.65. The second-order valence-corrected chi connectivity index (χ2v) is 8.32. The van der Waals surface area contributed by atoms with E-state index in [0.29, 0.717) is 48.1 Å². The van der Waals surface area contributed by atoms with Gasteiger partial charge in [0.2, 0.25) is 5.91 Å². The molecule has 0 saturated heterocycles. The fraction of sp³-hybridized carbons (Fsp3) is 0.400. The number of rotatable bonds is 11. The van der Waals surface area contributed by atoms with Crippen molar-refractivity contribution in [2.45, 2.75) is 38.6 Å². The van der Waals surface area contributed by atoms with Gasteiger partial charge < -0.3 is 15.8 Å². The zero-order valence-corrected chi connectivity index (χ0v) is 18.3. The quantitative estimate of drug-likeness (QED) is 0.452. The zero-order valence-electron chi connectivity index (χ0n) is 18.3. The summed E-state index contributed by atoms with van der Waals surface area (Å²) in [6.07, 6.45) is 5.20. The molecule has 7 nitrogen and oxygen atoms in total. The van der Waals surface area contributed by atoms with Crippen molar-refractivity contribution in [2.75, 3.05) is 19.7 Å². The highest BCUT2D eigenvalue weighted by molar-refractivity contribution is 5.82. The number of nitrogens with one attached hydrogen (secondary N) is 1. The Kier molecular flexibility index (Phi) is 7.17. The topological polar surface area (TPSA) is 99.2 Å². The van der Waals surface area contributed by atoms with Crippen molar-refractivity contribution in [1.82, 2.24) is 14.9 Å². The van der Waals surface area contributed by atoms with Gasteiger partial charge in [0.25, 0.3) is 5.56 Å². The number of benzene rings is 2. The summed E-state index contributed by atoms with van der Waals surface area (Å²) in [5, 5.41) is 3.39. The lowest BCUT2D eigenvalue weighted by Crippen LogP contribution is -2.34. The highest BCUT2D eigenvalue weighted by Crippen LogP contribution is 2.27. The molecule has 1 aromatic heterocycles. The third-order valence-electron chi connectivity index (χ3n) is 5.66. The van der Waals surface area contributed by atoms with Crippen molar-refractivity contribution in [2.24, 2.45) is 11.7 Å². The van der Waals surface area contributed by atoms with Crippen LogP contribution in [-0.2, 0) is 11.3 Å². The van der Waals surface area contributed by atoms with Crippen molar-refractivity contribution in [1.29, 1.82) is 0 Å². The van der Waals surface area contributed by atoms with Crippen molar-refractivity contribution in [3.8, 4) is 17.1 Å². The van der Waals surface area contributed by atoms with Gasteiger partial charge in [0.15, 0.2) is 0 Å². The molecule has 1 fully saturated rings. The SMILES string of the molecule is NCCCCCOc1ccc2nc(-c3ccccc3)n(CC(=O)NCC3CC3)c(=O)c2c1. The van der Waals surface area contributed by atoms with E-state index in [1.54, 1.807) is 12.1 Å². The van der Waals surface area contributed by atoms with Gasteiger partial charge in [-0.15, -0.1) is 0 Å². The van der Waals surface area contributed by atoms with E-state index in [0.717, 1.165) is 37.7 Å². The summed E-state index contributed by atoms with van der Waals surface area (Å²) in [7, 11) is 0. The van der Waals surface area contributed by atoms with Crippen LogP contribution in [-0.4, -0.2) is 35.2 Å². The van der Waals surface area contributed by atoms with Crippen LogP contribution in [0, 0.1) is 5.92 Å². The second kappa shape index (κ2) is 10.4. The normalized spacial score (nSPS) is 13.3. The molecular weight excluding hydrogens is 404 g/mol. The van der Waals surface area contributed by atoms with Crippen LogP contribution >= 0.6 is 0 Å². The van der Waals surface area contributed by atoms with E-state index in [1.807, 2.05) is 36.4 Å². The van der Waals surface area contributed by atoms with Gasteiger partial charge in [0, 0.05) is 12.1 Å². The molecule has 0 radical (unpaired) electrons. The first-order valence-electron chi connectivity index (χ1n) is 11.4. The molecule has 3 N–H and O–H groups in total. The Hall–Kier alpha value is -3.19. The van der Waals surface area contributed by atoms with Gasteiger partial charge in [-0.3, -0.25) is 14.2 Å². The van der Waals surface area contributed by atoms with Crippen molar-refractivity contribution < 1.29 is 9.53 Å². The predicted octanol–water partition coefficient (Wildman–Crippen LogP) is 3.10. The van der Waals surface area contributed by atoms with E-state index >= 15 is 0 Å². The third kappa shape index (κ3) is 5.53. The van der Waals surface area contributed by atoms with E-state index in [2.05, 4.69) is 5.32 Å². The molecule has 4 rings (SSSR count). The minimum atomic E-state index is -0.246. The highest BCUT2D eigenvalue weighted by atomic mass is 16.5. The molecule has 1 aliphatic carbocycles. The number of nitrogens with two attached hydrogens (primary N) is 1. The molecular formula is C25H30N4O3. The Morgan fingerprint density at radius 3 is 2.69 bits per heavy atom. The minimum Gasteiger partial charge on any atom is -0.494 e. The van der Waals surface area contributed by atoms with Crippen molar-refractivity contribution >= 4 is 16.8 Å². The van der Waals surface area contributed by atoms with Gasteiger partial charge in [0.05, 0.1) is 17.5 Å². The third-order valence-corrected chi connectivity index (χ3v) is 5.66. The number of aromatic nitrogens is 2. The summed E-state index contributed by atoms with van der Waals surface area (Å²) >= 11 is 0. The van der Waals surface area contributed by atoms with Gasteiger partial charge in [0.1, 0.15) is 18.1 Å². The highest BCUT2D eigenvalue weighted by Gasteiger charge is 2.22. The van der Waals surface area contributed by atoms with E-state index in [9.17, 15) is 9.59 Å². The summed E-state index contributed by atoms with van der Waals surface area (Å²) in [6, 6.07) is 14.8. The Bertz CT molecular complexity index is 1120. The molecule has 32 heavy (non-hydrogen) atoms. The number of amides is 1. The number of unbranched alkanes of at least 4 members (excludes halogenated alkanes) is 2. The lowest BCUT2D eigenvalue weighted by atomic mass is 10.1. The molecule has 0 atom stereocenters. The first kappa shape index (κ1) is 22.0. The summed E-state index contributed by atoms with van der Waals surface area (Å²) in [5.74, 6) is 1.51. The summed E-state index contributed by atoms with van der Waals surface area (Å²) in [5.41, 5.74) is 6.66. The second-order valence-electron chi connectivity index (χ2n) is 8.32. The fourth-order valence-corrected chi connectivity index (χ4v) is 3.64. The van der Waals surface area contributed by atoms with Gasteiger partial charge in [-0.2, -0.15) is 0 Å². The van der Waals surface area contributed by atoms with E-state index in [4.69, 9.17) is 15.5 Å². The fourth-order valence-electron chi connectivity index (χ4n) is 3.64. The maximum Gasteiger partial charge on any atom is 0.262 e. The zero-order chi connectivity index (χ0) is 22.3. The standard InChI is InChI=1S/C25H30N4O3/c26-13-5-2-6-14-32-20-11-12-22-21(15-20)25(31)29(17-23(30)27-16-18-9-10-18)24(28-22)19-7-3-1-4-8-19/h1,3-4,7-8,11-12,15,18H,2,5-6,9-10,13-14,16-17,26H2,(H,27,30). The molecule has 7 heteroatoms. The number of ether oxygens (including phenoxy) is 1. The number of carbonyl (C=O) groups is 1. The molecule has 0 spiro atoms. The van der Waals surface area contributed by atoms with Gasteiger partial charge in [-0.05, 0) is 62.8 Å². The predicted molar refractivity (Wildman–Crippen MR) is 126 cm³/mol. The van der Waals surface area contributed by atoms with Gasteiger partial charge >= 0.3 is 0 Å². The number of carbonyl (C=O) groups excluding carboxylic acids is 1. The summed E-state index contributed by atoms with van der Waals surface area (Å²) in [6.45, 7) is 1.85. The average molecular weight is 435 g/mol. The summed E-state index contributed by atoms with van der Waals surface area (Å²) < 4.78 is 7.29. The van der Waals surface area contributed by atoms with Crippen molar-refractivity contribution in [3.63, 3.8) is 0 Å². The van der Waals surface area contributed by atoms with Crippen LogP contribution in [0.2, 0.25) is 0 Å². The maximum atomic E-state index is 13.4. The largest absolute Gasteiger partial charge is 0.494 e. The lowest BCUT2D eigenvalue weighted by molar-refractivity contribution is -0.121. The van der Waals surface area contributed by atoms with Gasteiger partial charge in [-0.1, -0.05) is 30.3 Å². The number of hydrogen-bond acceptors (Lipinski definition) is 5. The Morgan fingerprint density at radius 1 is 1.12 bits per heavy atom. The minimum absolute atomic E-state index is 0.0666. The lowest BCUT2D eigenvalue weighted by Gasteiger charge is -2.14. The molecule has 3 aromatic rings. The molecule has 1 aliphatic rings.